The topological polar surface area (TPSA) is 62.5 Å². The number of nitrogens with zero attached hydrogens (tertiary/aromatic N) is 1. The average Bonchev–Trinajstić information content (AvgIpc) is 2.36. The van der Waals surface area contributed by atoms with Crippen molar-refractivity contribution in [3.05, 3.63) is 23.8 Å². The van der Waals surface area contributed by atoms with E-state index >= 15 is 0 Å². The van der Waals surface area contributed by atoms with E-state index in [9.17, 15) is 10.4 Å². The Hall–Kier alpha value is -1.73. The van der Waals surface area contributed by atoms with Crippen LogP contribution >= 0.6 is 0 Å². The van der Waals surface area contributed by atoms with Gasteiger partial charge in [0, 0.05) is 5.56 Å². The molecule has 0 amide bonds. The van der Waals surface area contributed by atoms with Crippen molar-refractivity contribution in [2.45, 2.75) is 25.4 Å². The fourth-order valence-corrected chi connectivity index (χ4v) is 2.43. The van der Waals surface area contributed by atoms with Crippen LogP contribution in [0.1, 0.15) is 30.9 Å². The van der Waals surface area contributed by atoms with E-state index in [-0.39, 0.29) is 0 Å². The van der Waals surface area contributed by atoms with Gasteiger partial charge in [0.25, 0.3) is 0 Å². The van der Waals surface area contributed by atoms with Crippen molar-refractivity contribution in [2.24, 2.45) is 5.41 Å². The lowest BCUT2D eigenvalue weighted by Crippen LogP contribution is -2.34. The van der Waals surface area contributed by atoms with E-state index in [0.29, 0.717) is 17.1 Å². The van der Waals surface area contributed by atoms with E-state index in [1.807, 2.05) is 0 Å². The zero-order valence-electron chi connectivity index (χ0n) is 10.6. The summed E-state index contributed by atoms with van der Waals surface area (Å²) >= 11 is 0. The van der Waals surface area contributed by atoms with Crippen molar-refractivity contribution < 1.29 is 14.6 Å². The smallest absolute Gasteiger partial charge is 0.166 e. The Labute approximate surface area is 107 Å². The quantitative estimate of drug-likeness (QED) is 0.887. The summed E-state index contributed by atoms with van der Waals surface area (Å²) in [5.74, 6) is 1.08. The third-order valence-electron chi connectivity index (χ3n) is 3.72. The highest BCUT2D eigenvalue weighted by Gasteiger charge is 2.45. The largest absolute Gasteiger partial charge is 0.493 e. The Morgan fingerprint density at radius 2 is 2.06 bits per heavy atom. The Morgan fingerprint density at radius 3 is 2.50 bits per heavy atom. The van der Waals surface area contributed by atoms with Gasteiger partial charge in [-0.05, 0) is 18.9 Å². The summed E-state index contributed by atoms with van der Waals surface area (Å²) in [6.45, 7) is 0. The van der Waals surface area contributed by atoms with E-state index in [1.54, 1.807) is 25.3 Å². The molecule has 4 heteroatoms. The molecule has 1 aliphatic rings. The Balaban J connectivity index is 2.42. The van der Waals surface area contributed by atoms with E-state index in [0.717, 1.165) is 19.3 Å². The molecule has 1 unspecified atom stereocenters. The number of benzene rings is 1. The zero-order valence-corrected chi connectivity index (χ0v) is 10.6. The van der Waals surface area contributed by atoms with Crippen molar-refractivity contribution in [3.8, 4) is 17.6 Å². The molecule has 0 aliphatic heterocycles. The normalized spacial score (nSPS) is 18.3. The predicted molar refractivity (Wildman–Crippen MR) is 66.4 cm³/mol. The van der Waals surface area contributed by atoms with Crippen molar-refractivity contribution in [3.63, 3.8) is 0 Å². The highest BCUT2D eigenvalue weighted by molar-refractivity contribution is 5.48. The molecular weight excluding hydrogens is 230 g/mol. The van der Waals surface area contributed by atoms with Crippen LogP contribution in [0.5, 0.6) is 11.5 Å². The molecule has 1 saturated carbocycles. The average molecular weight is 247 g/mol. The highest BCUT2D eigenvalue weighted by atomic mass is 16.5. The number of nitriles is 1. The molecule has 1 aromatic rings. The molecule has 96 valence electrons. The molecule has 0 heterocycles. The molecule has 1 fully saturated rings. The first-order valence-corrected chi connectivity index (χ1v) is 5.99. The highest BCUT2D eigenvalue weighted by Crippen LogP contribution is 2.52. The van der Waals surface area contributed by atoms with E-state index < -0.39 is 11.5 Å². The van der Waals surface area contributed by atoms with Crippen LogP contribution in [-0.2, 0) is 0 Å². The summed E-state index contributed by atoms with van der Waals surface area (Å²) in [7, 11) is 3.09. The van der Waals surface area contributed by atoms with Gasteiger partial charge in [0.1, 0.15) is 6.10 Å². The number of methoxy groups -OCH3 is 2. The maximum absolute atomic E-state index is 10.5. The number of hydrogen-bond donors (Lipinski definition) is 1. The minimum absolute atomic E-state index is 0.508. The standard InChI is InChI=1S/C14H17NO3/c1-17-11-6-3-5-10(12(11)18-2)13(16)14(9-15)7-4-8-14/h3,5-6,13,16H,4,7-8H2,1-2H3. The maximum Gasteiger partial charge on any atom is 0.166 e. The number of aliphatic hydroxyl groups excluding tert-OH is 1. The molecular formula is C14H17NO3. The zero-order chi connectivity index (χ0) is 13.2. The summed E-state index contributed by atoms with van der Waals surface area (Å²) < 4.78 is 10.5. The van der Waals surface area contributed by atoms with E-state index in [2.05, 4.69) is 6.07 Å². The first-order chi connectivity index (χ1) is 8.68. The SMILES string of the molecule is COc1cccc(C(O)C2(C#N)CCC2)c1OC. The summed E-state index contributed by atoms with van der Waals surface area (Å²) in [5.41, 5.74) is -0.0438. The molecule has 0 aromatic heterocycles. The van der Waals surface area contributed by atoms with Crippen molar-refractivity contribution in [1.29, 1.82) is 5.26 Å². The molecule has 0 spiro atoms. The lowest BCUT2D eigenvalue weighted by Gasteiger charge is -2.39. The van der Waals surface area contributed by atoms with Crippen LogP contribution in [0.4, 0.5) is 0 Å². The Bertz CT molecular complexity index is 474. The molecule has 1 aliphatic carbocycles. The van der Waals surface area contributed by atoms with Gasteiger partial charge >= 0.3 is 0 Å². The van der Waals surface area contributed by atoms with Crippen molar-refractivity contribution >= 4 is 0 Å². The fraction of sp³-hybridized carbons (Fsp3) is 0.500. The minimum atomic E-state index is -0.832. The first kappa shape index (κ1) is 12.7. The predicted octanol–water partition coefficient (Wildman–Crippen LogP) is 2.43. The van der Waals surface area contributed by atoms with Gasteiger partial charge in [0.2, 0.25) is 0 Å². The minimum Gasteiger partial charge on any atom is -0.493 e. The number of ether oxygens (including phenoxy) is 2. The van der Waals surface area contributed by atoms with Crippen molar-refractivity contribution in [2.75, 3.05) is 14.2 Å². The Kier molecular flexibility index (Phi) is 3.44. The maximum atomic E-state index is 10.5. The van der Waals surface area contributed by atoms with E-state index in [4.69, 9.17) is 9.47 Å². The third-order valence-corrected chi connectivity index (χ3v) is 3.72. The molecule has 0 radical (unpaired) electrons. The number of para-hydroxylation sites is 1. The lowest BCUT2D eigenvalue weighted by molar-refractivity contribution is 0.00628. The summed E-state index contributed by atoms with van der Waals surface area (Å²) in [6.07, 6.45) is 1.61. The van der Waals surface area contributed by atoms with Gasteiger partial charge in [0.05, 0.1) is 25.7 Å². The van der Waals surface area contributed by atoms with Crippen molar-refractivity contribution in [1.82, 2.24) is 0 Å². The fourth-order valence-electron chi connectivity index (χ4n) is 2.43. The monoisotopic (exact) mass is 247 g/mol. The van der Waals surface area contributed by atoms with Gasteiger partial charge in [-0.1, -0.05) is 18.6 Å². The van der Waals surface area contributed by atoms with Gasteiger partial charge in [-0.3, -0.25) is 0 Å². The molecule has 1 atom stereocenters. The van der Waals surface area contributed by atoms with Gasteiger partial charge < -0.3 is 14.6 Å². The number of rotatable bonds is 4. The second-order valence-corrected chi connectivity index (χ2v) is 4.61. The molecule has 18 heavy (non-hydrogen) atoms. The molecule has 1 N–H and O–H groups in total. The summed E-state index contributed by atoms with van der Waals surface area (Å²) in [4.78, 5) is 0. The lowest BCUT2D eigenvalue weighted by atomic mass is 9.64. The van der Waals surface area contributed by atoms with Crippen LogP contribution in [0.15, 0.2) is 18.2 Å². The molecule has 1 aromatic carbocycles. The van der Waals surface area contributed by atoms with E-state index in [1.165, 1.54) is 7.11 Å². The van der Waals surface area contributed by atoms with Gasteiger partial charge in [0.15, 0.2) is 11.5 Å². The molecule has 0 saturated heterocycles. The van der Waals surface area contributed by atoms with Gasteiger partial charge in [-0.25, -0.2) is 0 Å². The summed E-state index contributed by atoms with van der Waals surface area (Å²) in [6, 6.07) is 7.60. The van der Waals surface area contributed by atoms with Crippen LogP contribution in [0.2, 0.25) is 0 Å². The second kappa shape index (κ2) is 4.87. The second-order valence-electron chi connectivity index (χ2n) is 4.61. The molecule has 4 nitrogen and oxygen atoms in total. The molecule has 0 bridgehead atoms. The number of hydrogen-bond acceptors (Lipinski definition) is 4. The first-order valence-electron chi connectivity index (χ1n) is 5.99. The molecule has 2 rings (SSSR count). The van der Waals surface area contributed by atoms with Gasteiger partial charge in [-0.15, -0.1) is 0 Å². The van der Waals surface area contributed by atoms with Crippen LogP contribution in [-0.4, -0.2) is 19.3 Å². The van der Waals surface area contributed by atoms with Gasteiger partial charge in [-0.2, -0.15) is 5.26 Å². The Morgan fingerprint density at radius 1 is 1.33 bits per heavy atom. The van der Waals surface area contributed by atoms with Crippen LogP contribution < -0.4 is 9.47 Å². The van der Waals surface area contributed by atoms with Crippen LogP contribution in [0.25, 0.3) is 0 Å². The summed E-state index contributed by atoms with van der Waals surface area (Å²) in [5, 5.41) is 19.7. The van der Waals surface area contributed by atoms with Crippen LogP contribution in [0.3, 0.4) is 0 Å². The third kappa shape index (κ3) is 1.81. The number of aliphatic hydroxyl groups is 1. The van der Waals surface area contributed by atoms with Crippen LogP contribution in [0, 0.1) is 16.7 Å².